The molecule has 0 aromatic carbocycles. The predicted octanol–water partition coefficient (Wildman–Crippen LogP) is 12.7. The molecule has 0 aliphatic carbocycles. The maximum Gasteiger partial charge on any atom is 0.306 e. The molecule has 1 heterocycles. The summed E-state index contributed by atoms with van der Waals surface area (Å²) in [6.45, 7) is 5.45. The number of rotatable bonds is 45. The molecule has 1 rings (SSSR count). The van der Waals surface area contributed by atoms with Crippen LogP contribution in [0.2, 0.25) is 0 Å². The van der Waals surface area contributed by atoms with Crippen molar-refractivity contribution in [2.24, 2.45) is 0 Å². The third-order valence-corrected chi connectivity index (χ3v) is 12.4. The molecule has 0 bridgehead atoms. The zero-order valence-electron chi connectivity index (χ0n) is 45.4. The van der Waals surface area contributed by atoms with Gasteiger partial charge >= 0.3 is 5.97 Å². The fourth-order valence-corrected chi connectivity index (χ4v) is 7.97. The summed E-state index contributed by atoms with van der Waals surface area (Å²) in [5.74, 6) is -1.32. The Morgan fingerprint density at radius 1 is 0.562 bits per heavy atom. The molecule has 73 heavy (non-hydrogen) atoms. The smallest absolute Gasteiger partial charge is 0.306 e. The number of hydrogen-bond donors (Lipinski definition) is 6. The molecule has 11 heteroatoms. The molecule has 1 amide bonds. The number of ether oxygens (including phenoxy) is 3. The summed E-state index contributed by atoms with van der Waals surface area (Å²) in [7, 11) is 0. The van der Waals surface area contributed by atoms with E-state index in [1.54, 1.807) is 6.08 Å². The molecule has 8 atom stereocenters. The number of unbranched alkanes of at least 4 members (excludes halogenated alkanes) is 15. The van der Waals surface area contributed by atoms with Crippen molar-refractivity contribution in [3.8, 4) is 0 Å². The molecule has 1 fully saturated rings. The molecule has 1 aliphatic heterocycles. The zero-order chi connectivity index (χ0) is 53.3. The van der Waals surface area contributed by atoms with Gasteiger partial charge in [-0.15, -0.1) is 0 Å². The van der Waals surface area contributed by atoms with Gasteiger partial charge in [0.2, 0.25) is 5.91 Å². The molecular formula is C62H101NO10. The molecule has 0 spiro atoms. The molecule has 1 aliphatic rings. The van der Waals surface area contributed by atoms with Crippen molar-refractivity contribution >= 4 is 11.9 Å². The van der Waals surface area contributed by atoms with Gasteiger partial charge in [0, 0.05) is 6.42 Å². The maximum atomic E-state index is 13.3. The van der Waals surface area contributed by atoms with Crippen LogP contribution in [-0.2, 0) is 23.8 Å². The van der Waals surface area contributed by atoms with E-state index in [9.17, 15) is 35.1 Å². The summed E-state index contributed by atoms with van der Waals surface area (Å²) in [5, 5.41) is 56.7. The Balaban J connectivity index is 2.80. The first-order valence-corrected chi connectivity index (χ1v) is 28.3. The van der Waals surface area contributed by atoms with E-state index in [1.807, 2.05) is 42.5 Å². The molecular weight excluding hydrogens is 919 g/mol. The van der Waals surface area contributed by atoms with Crippen molar-refractivity contribution in [3.63, 3.8) is 0 Å². The highest BCUT2D eigenvalue weighted by molar-refractivity contribution is 5.80. The minimum absolute atomic E-state index is 0.0112. The minimum Gasteiger partial charge on any atom is -0.454 e. The number of carbonyl (C=O) groups is 2. The van der Waals surface area contributed by atoms with Gasteiger partial charge in [0.05, 0.1) is 25.4 Å². The van der Waals surface area contributed by atoms with Crippen molar-refractivity contribution in [3.05, 3.63) is 122 Å². The molecule has 0 aromatic heterocycles. The number of aliphatic hydroxyl groups is 5. The first-order chi connectivity index (χ1) is 35.7. The number of allylic oxidation sites excluding steroid dienone is 19. The number of esters is 1. The molecule has 6 N–H and O–H groups in total. The first-order valence-electron chi connectivity index (χ1n) is 28.3. The lowest BCUT2D eigenvalue weighted by Crippen LogP contribution is -2.61. The fourth-order valence-electron chi connectivity index (χ4n) is 7.97. The Kier molecular flexibility index (Phi) is 45.0. The van der Waals surface area contributed by atoms with Crippen LogP contribution in [0, 0.1) is 0 Å². The quantitative estimate of drug-likeness (QED) is 0.0149. The van der Waals surface area contributed by atoms with Crippen LogP contribution in [0.3, 0.4) is 0 Å². The Bertz CT molecular complexity index is 1640. The van der Waals surface area contributed by atoms with E-state index < -0.39 is 67.4 Å². The van der Waals surface area contributed by atoms with Crippen LogP contribution in [0.15, 0.2) is 122 Å². The summed E-state index contributed by atoms with van der Waals surface area (Å²) < 4.78 is 17.5. The van der Waals surface area contributed by atoms with E-state index in [1.165, 1.54) is 51.4 Å². The van der Waals surface area contributed by atoms with E-state index in [0.717, 1.165) is 89.9 Å². The lowest BCUT2D eigenvalue weighted by molar-refractivity contribution is -0.305. The van der Waals surface area contributed by atoms with Crippen LogP contribution in [-0.4, -0.2) is 99.6 Å². The molecule has 414 valence electrons. The Hall–Kier alpha value is -3.94. The van der Waals surface area contributed by atoms with Gasteiger partial charge in [0.15, 0.2) is 12.4 Å². The molecule has 0 radical (unpaired) electrons. The van der Waals surface area contributed by atoms with Crippen molar-refractivity contribution in [1.82, 2.24) is 5.32 Å². The average molecular weight is 1020 g/mol. The second-order valence-corrected chi connectivity index (χ2v) is 19.0. The number of aliphatic hydroxyl groups excluding tert-OH is 5. The van der Waals surface area contributed by atoms with Gasteiger partial charge in [-0.3, -0.25) is 9.59 Å². The fraction of sp³-hybridized carbons (Fsp3) is 0.645. The standard InChI is InChI=1S/C62H101NO10/c1-4-7-10-13-16-19-22-25-26-27-28-29-30-32-35-38-41-44-47-50-57(67)73-60-59(69)58(68)56(51-64)72-62(60)71-52-53(54(65)48-45-42-39-36-34-31-23-20-17-14-11-8-5-2)63-61(70)55(66)49-46-43-40-37-33-24-21-18-15-12-9-6-3/h7,9-10,12,15-16,18-19,21,24-26,28-29,32,35,41,44-45,48,53-56,58-60,62,64-66,68-69H,4-6,8,11,13-14,17,20,22-23,27,30-31,33-34,36-40,42-43,46-47,49-52H2,1-3H3,(H,63,70)/b10-7-,12-9+,18-15+,19-16-,24-21-,26-25-,29-28-,35-32-,44-41-,48-45+. The van der Waals surface area contributed by atoms with E-state index in [0.29, 0.717) is 19.3 Å². The molecule has 8 unspecified atom stereocenters. The third kappa shape index (κ3) is 37.4. The second kappa shape index (κ2) is 49.0. The third-order valence-electron chi connectivity index (χ3n) is 12.4. The summed E-state index contributed by atoms with van der Waals surface area (Å²) >= 11 is 0. The maximum absolute atomic E-state index is 13.3. The average Bonchev–Trinajstić information content (AvgIpc) is 3.39. The van der Waals surface area contributed by atoms with Crippen molar-refractivity contribution in [2.45, 2.75) is 243 Å². The van der Waals surface area contributed by atoms with Crippen LogP contribution < -0.4 is 5.32 Å². The Morgan fingerprint density at radius 2 is 1.05 bits per heavy atom. The number of amides is 1. The van der Waals surface area contributed by atoms with Gasteiger partial charge in [-0.05, 0) is 83.5 Å². The van der Waals surface area contributed by atoms with Gasteiger partial charge < -0.3 is 45.1 Å². The van der Waals surface area contributed by atoms with Gasteiger partial charge in [-0.1, -0.05) is 226 Å². The predicted molar refractivity (Wildman–Crippen MR) is 301 cm³/mol. The van der Waals surface area contributed by atoms with Crippen LogP contribution in [0.5, 0.6) is 0 Å². The van der Waals surface area contributed by atoms with Crippen molar-refractivity contribution in [2.75, 3.05) is 13.2 Å². The van der Waals surface area contributed by atoms with Crippen LogP contribution in [0.1, 0.15) is 194 Å². The number of hydrogen-bond acceptors (Lipinski definition) is 10. The van der Waals surface area contributed by atoms with Crippen LogP contribution in [0.25, 0.3) is 0 Å². The largest absolute Gasteiger partial charge is 0.454 e. The molecule has 0 saturated carbocycles. The first kappa shape index (κ1) is 67.1. The lowest BCUT2D eigenvalue weighted by atomic mass is 9.99. The molecule has 1 saturated heterocycles. The summed E-state index contributed by atoms with van der Waals surface area (Å²) in [5.41, 5.74) is 0. The highest BCUT2D eigenvalue weighted by Gasteiger charge is 2.47. The molecule has 11 nitrogen and oxygen atoms in total. The van der Waals surface area contributed by atoms with Crippen molar-refractivity contribution < 1.29 is 49.3 Å². The molecule has 0 aromatic rings. The highest BCUT2D eigenvalue weighted by Crippen LogP contribution is 2.26. The minimum atomic E-state index is -1.66. The second-order valence-electron chi connectivity index (χ2n) is 19.0. The highest BCUT2D eigenvalue weighted by atomic mass is 16.7. The summed E-state index contributed by atoms with van der Waals surface area (Å²) in [6.07, 6.45) is 56.8. The van der Waals surface area contributed by atoms with Gasteiger partial charge in [-0.25, -0.2) is 0 Å². The normalized spacial score (nSPS) is 20.4. The lowest BCUT2D eigenvalue weighted by Gasteiger charge is -2.41. The van der Waals surface area contributed by atoms with E-state index in [-0.39, 0.29) is 19.4 Å². The monoisotopic (exact) mass is 1020 g/mol. The van der Waals surface area contributed by atoms with E-state index in [2.05, 4.69) is 99.0 Å². The SMILES string of the molecule is CC/C=C\C/C=C\C/C=C\C/C=C\C/C=C\C/C=C\CCC(=O)OC1C(OCC(NC(=O)C(O)CCCCCC\C=C/C=C/C=C/CC)C(O)/C=C/CCCCCCCCCCCCC)OC(CO)C(O)C1O. The zero-order valence-corrected chi connectivity index (χ0v) is 45.4. The Labute approximate surface area is 442 Å². The van der Waals surface area contributed by atoms with Crippen LogP contribution in [0.4, 0.5) is 0 Å². The summed E-state index contributed by atoms with van der Waals surface area (Å²) in [6, 6.07) is -1.06. The van der Waals surface area contributed by atoms with Gasteiger partial charge in [0.25, 0.3) is 0 Å². The topological polar surface area (TPSA) is 175 Å². The van der Waals surface area contributed by atoms with Gasteiger partial charge in [-0.2, -0.15) is 0 Å². The van der Waals surface area contributed by atoms with Crippen molar-refractivity contribution in [1.29, 1.82) is 0 Å². The van der Waals surface area contributed by atoms with Gasteiger partial charge in [0.1, 0.15) is 24.4 Å². The number of nitrogens with one attached hydrogen (secondary N) is 1. The van der Waals surface area contributed by atoms with Crippen LogP contribution >= 0.6 is 0 Å². The van der Waals surface area contributed by atoms with E-state index in [4.69, 9.17) is 14.2 Å². The summed E-state index contributed by atoms with van der Waals surface area (Å²) in [4.78, 5) is 26.4. The van der Waals surface area contributed by atoms with E-state index >= 15 is 0 Å². The Morgan fingerprint density at radius 3 is 1.60 bits per heavy atom. The number of carbonyl (C=O) groups excluding carboxylic acids is 2.